The first kappa shape index (κ1) is 22.9. The number of amides is 1. The van der Waals surface area contributed by atoms with Gasteiger partial charge in [0.25, 0.3) is 11.5 Å². The van der Waals surface area contributed by atoms with Crippen LogP contribution in [0.4, 0.5) is 0 Å². The van der Waals surface area contributed by atoms with E-state index in [4.69, 9.17) is 4.74 Å². The van der Waals surface area contributed by atoms with E-state index in [1.807, 2.05) is 49.4 Å². The van der Waals surface area contributed by atoms with E-state index in [-0.39, 0.29) is 11.5 Å². The van der Waals surface area contributed by atoms with Crippen LogP contribution in [-0.2, 0) is 32.6 Å². The Labute approximate surface area is 203 Å². The van der Waals surface area contributed by atoms with Crippen LogP contribution >= 0.6 is 0 Å². The molecule has 1 amide bonds. The van der Waals surface area contributed by atoms with Gasteiger partial charge >= 0.3 is 0 Å². The SMILES string of the molecule is CCn1c2c(c(=O)n3ncc(C(=O)NCc4ccccc4OC)c13)CN(Cc1ccccc1)CC2. The van der Waals surface area contributed by atoms with Crippen LogP contribution in [0.25, 0.3) is 5.65 Å². The lowest BCUT2D eigenvalue weighted by Gasteiger charge is -2.30. The highest BCUT2D eigenvalue weighted by Gasteiger charge is 2.27. The number of hydrogen-bond donors (Lipinski definition) is 1. The van der Waals surface area contributed by atoms with Crippen LogP contribution in [-0.4, -0.2) is 38.6 Å². The Hall–Kier alpha value is -3.91. The molecule has 3 heterocycles. The number of nitrogens with zero attached hydrogens (tertiary/aromatic N) is 4. The molecule has 0 spiro atoms. The van der Waals surface area contributed by atoms with Crippen molar-refractivity contribution in [2.45, 2.75) is 39.5 Å². The second kappa shape index (κ2) is 9.76. The van der Waals surface area contributed by atoms with Crippen molar-refractivity contribution >= 4 is 11.6 Å². The molecule has 2 aromatic heterocycles. The fourth-order valence-electron chi connectivity index (χ4n) is 4.90. The van der Waals surface area contributed by atoms with Gasteiger partial charge in [0.1, 0.15) is 11.3 Å². The molecule has 0 aliphatic carbocycles. The Morgan fingerprint density at radius 3 is 2.66 bits per heavy atom. The molecular weight excluding hydrogens is 442 g/mol. The monoisotopic (exact) mass is 471 g/mol. The first-order chi connectivity index (χ1) is 17.1. The minimum atomic E-state index is -0.269. The van der Waals surface area contributed by atoms with Crippen LogP contribution in [0.2, 0.25) is 0 Å². The standard InChI is InChI=1S/C27H29N5O3/c1-3-31-23-13-14-30(17-19-9-5-4-6-10-19)18-22(23)27(34)32-26(31)21(16-29-32)25(33)28-15-20-11-7-8-12-24(20)35-2/h4-12,16H,3,13-15,17-18H2,1-2H3,(H,28,33). The molecule has 180 valence electrons. The summed E-state index contributed by atoms with van der Waals surface area (Å²) in [5, 5.41) is 7.29. The summed E-state index contributed by atoms with van der Waals surface area (Å²) in [5.41, 5.74) is 4.64. The fraction of sp³-hybridized carbons (Fsp3) is 0.296. The Morgan fingerprint density at radius 1 is 1.11 bits per heavy atom. The van der Waals surface area contributed by atoms with Gasteiger partial charge < -0.3 is 14.6 Å². The summed E-state index contributed by atoms with van der Waals surface area (Å²) in [6, 6.07) is 17.8. The number of aryl methyl sites for hydroxylation is 1. The highest BCUT2D eigenvalue weighted by atomic mass is 16.5. The number of methoxy groups -OCH3 is 1. The summed E-state index contributed by atoms with van der Waals surface area (Å²) in [4.78, 5) is 28.9. The zero-order valence-electron chi connectivity index (χ0n) is 20.0. The van der Waals surface area contributed by atoms with Crippen molar-refractivity contribution in [1.82, 2.24) is 24.4 Å². The van der Waals surface area contributed by atoms with E-state index in [0.717, 1.165) is 36.3 Å². The van der Waals surface area contributed by atoms with Crippen molar-refractivity contribution in [3.8, 4) is 5.75 Å². The zero-order chi connectivity index (χ0) is 24.4. The van der Waals surface area contributed by atoms with Crippen molar-refractivity contribution in [1.29, 1.82) is 0 Å². The smallest absolute Gasteiger partial charge is 0.279 e. The summed E-state index contributed by atoms with van der Waals surface area (Å²) in [6.07, 6.45) is 2.24. The molecule has 35 heavy (non-hydrogen) atoms. The molecule has 8 nitrogen and oxygen atoms in total. The van der Waals surface area contributed by atoms with E-state index >= 15 is 0 Å². The lowest BCUT2D eigenvalue weighted by molar-refractivity contribution is 0.0952. The van der Waals surface area contributed by atoms with Crippen molar-refractivity contribution < 1.29 is 9.53 Å². The van der Waals surface area contributed by atoms with Crippen LogP contribution in [0.5, 0.6) is 5.75 Å². The Bertz CT molecular complexity index is 1420. The Balaban J connectivity index is 1.45. The number of ether oxygens (including phenoxy) is 1. The van der Waals surface area contributed by atoms with E-state index in [2.05, 4.69) is 32.0 Å². The van der Waals surface area contributed by atoms with Gasteiger partial charge in [-0.2, -0.15) is 9.61 Å². The summed E-state index contributed by atoms with van der Waals surface area (Å²) in [6.45, 7) is 5.19. The van der Waals surface area contributed by atoms with E-state index in [1.165, 1.54) is 16.3 Å². The maximum Gasteiger partial charge on any atom is 0.279 e. The number of rotatable bonds is 7. The van der Waals surface area contributed by atoms with Crippen molar-refractivity contribution in [3.63, 3.8) is 0 Å². The number of fused-ring (bicyclic) bond motifs is 2. The third-order valence-corrected chi connectivity index (χ3v) is 6.61. The van der Waals surface area contributed by atoms with Gasteiger partial charge in [0.2, 0.25) is 0 Å². The van der Waals surface area contributed by atoms with E-state index < -0.39 is 0 Å². The third-order valence-electron chi connectivity index (χ3n) is 6.61. The molecule has 0 bridgehead atoms. The molecule has 5 rings (SSSR count). The molecule has 4 aromatic rings. The second-order valence-corrected chi connectivity index (χ2v) is 8.71. The summed E-state index contributed by atoms with van der Waals surface area (Å²) in [5.74, 6) is 0.446. The van der Waals surface area contributed by atoms with Gasteiger partial charge in [0, 0.05) is 50.4 Å². The Morgan fingerprint density at radius 2 is 1.89 bits per heavy atom. The molecule has 0 saturated carbocycles. The highest BCUT2D eigenvalue weighted by molar-refractivity contribution is 5.99. The number of para-hydroxylation sites is 1. The lowest BCUT2D eigenvalue weighted by atomic mass is 10.0. The third kappa shape index (κ3) is 4.33. The predicted octanol–water partition coefficient (Wildman–Crippen LogP) is 3.01. The molecule has 1 aliphatic rings. The zero-order valence-corrected chi connectivity index (χ0v) is 20.0. The van der Waals surface area contributed by atoms with E-state index in [1.54, 1.807) is 7.11 Å². The molecule has 0 unspecified atom stereocenters. The largest absolute Gasteiger partial charge is 0.496 e. The van der Waals surface area contributed by atoms with Crippen LogP contribution in [0.3, 0.4) is 0 Å². The molecular formula is C27H29N5O3. The van der Waals surface area contributed by atoms with Gasteiger partial charge in [-0.05, 0) is 18.6 Å². The van der Waals surface area contributed by atoms with Crippen LogP contribution < -0.4 is 15.6 Å². The van der Waals surface area contributed by atoms with Gasteiger partial charge in [-0.25, -0.2) is 0 Å². The van der Waals surface area contributed by atoms with Gasteiger partial charge in [0.15, 0.2) is 5.65 Å². The summed E-state index contributed by atoms with van der Waals surface area (Å²) in [7, 11) is 1.61. The molecule has 1 aliphatic heterocycles. The topological polar surface area (TPSA) is 80.9 Å². The van der Waals surface area contributed by atoms with Gasteiger partial charge in [0.05, 0.1) is 18.9 Å². The fourth-order valence-corrected chi connectivity index (χ4v) is 4.90. The average Bonchev–Trinajstić information content (AvgIpc) is 3.34. The predicted molar refractivity (Wildman–Crippen MR) is 134 cm³/mol. The molecule has 0 radical (unpaired) electrons. The van der Waals surface area contributed by atoms with E-state index in [0.29, 0.717) is 36.6 Å². The lowest BCUT2D eigenvalue weighted by Crippen LogP contribution is -2.38. The maximum atomic E-state index is 13.5. The average molecular weight is 472 g/mol. The molecule has 8 heteroatoms. The van der Waals surface area contributed by atoms with Crippen LogP contribution in [0, 0.1) is 0 Å². The van der Waals surface area contributed by atoms with Crippen molar-refractivity contribution in [3.05, 3.63) is 99.1 Å². The normalized spacial score (nSPS) is 13.5. The molecule has 0 atom stereocenters. The molecule has 2 aromatic carbocycles. The minimum absolute atomic E-state index is 0.152. The summed E-state index contributed by atoms with van der Waals surface area (Å²) < 4.78 is 8.83. The molecule has 0 fully saturated rings. The number of hydrogen-bond acceptors (Lipinski definition) is 5. The van der Waals surface area contributed by atoms with Crippen molar-refractivity contribution in [2.24, 2.45) is 0 Å². The van der Waals surface area contributed by atoms with Crippen molar-refractivity contribution in [2.75, 3.05) is 13.7 Å². The van der Waals surface area contributed by atoms with Gasteiger partial charge in [-0.3, -0.25) is 14.5 Å². The first-order valence-electron chi connectivity index (χ1n) is 11.9. The maximum absolute atomic E-state index is 13.5. The number of aromatic nitrogens is 3. The van der Waals surface area contributed by atoms with Crippen LogP contribution in [0.1, 0.15) is 39.7 Å². The molecule has 1 N–H and O–H groups in total. The number of nitrogens with one attached hydrogen (secondary N) is 1. The number of benzene rings is 2. The highest BCUT2D eigenvalue weighted by Crippen LogP contribution is 2.22. The number of carbonyl (C=O) groups excluding carboxylic acids is 1. The van der Waals surface area contributed by atoms with E-state index in [9.17, 15) is 9.59 Å². The minimum Gasteiger partial charge on any atom is -0.496 e. The number of carbonyl (C=O) groups is 1. The summed E-state index contributed by atoms with van der Waals surface area (Å²) >= 11 is 0. The molecule has 0 saturated heterocycles. The Kier molecular flexibility index (Phi) is 6.37. The van der Waals surface area contributed by atoms with Crippen LogP contribution in [0.15, 0.2) is 65.6 Å². The quantitative estimate of drug-likeness (QED) is 0.448. The van der Waals surface area contributed by atoms with Gasteiger partial charge in [-0.15, -0.1) is 0 Å². The second-order valence-electron chi connectivity index (χ2n) is 8.71. The van der Waals surface area contributed by atoms with Gasteiger partial charge in [-0.1, -0.05) is 48.5 Å². The first-order valence-corrected chi connectivity index (χ1v) is 11.9.